The normalized spacial score (nSPS) is 17.8. The highest BCUT2D eigenvalue weighted by Gasteiger charge is 2.21. The Balaban J connectivity index is 2.39. The van der Waals surface area contributed by atoms with Gasteiger partial charge in [-0.1, -0.05) is 43.0 Å². The van der Waals surface area contributed by atoms with Crippen LogP contribution in [0.3, 0.4) is 0 Å². The molecule has 0 saturated carbocycles. The number of hydrogen-bond acceptors (Lipinski definition) is 1. The molecule has 2 rings (SSSR count). The Morgan fingerprint density at radius 2 is 1.94 bits per heavy atom. The Kier molecular flexibility index (Phi) is 2.73. The molecule has 0 unspecified atom stereocenters. The maximum absolute atomic E-state index is 11.5. The topological polar surface area (TPSA) is 29.1 Å². The van der Waals surface area contributed by atoms with Gasteiger partial charge >= 0.3 is 0 Å². The second kappa shape index (κ2) is 4.19. The minimum absolute atomic E-state index is 0.0744. The number of rotatable bonds is 2. The molecule has 0 aliphatic carbocycles. The van der Waals surface area contributed by atoms with E-state index in [0.717, 1.165) is 16.8 Å². The highest BCUT2D eigenvalue weighted by molar-refractivity contribution is 6.03. The van der Waals surface area contributed by atoms with Gasteiger partial charge in [-0.05, 0) is 24.1 Å². The zero-order chi connectivity index (χ0) is 11.5. The summed E-state index contributed by atoms with van der Waals surface area (Å²) in [5.41, 5.74) is 3.53. The summed E-state index contributed by atoms with van der Waals surface area (Å²) in [6.45, 7) is 5.56. The van der Waals surface area contributed by atoms with E-state index in [0.29, 0.717) is 5.57 Å². The Labute approximate surface area is 95.0 Å². The maximum atomic E-state index is 11.5. The van der Waals surface area contributed by atoms with E-state index in [1.54, 1.807) is 6.08 Å². The van der Waals surface area contributed by atoms with Crippen molar-refractivity contribution in [1.29, 1.82) is 0 Å². The molecule has 0 radical (unpaired) electrons. The summed E-state index contributed by atoms with van der Waals surface area (Å²) in [7, 11) is 0. The molecule has 0 bridgehead atoms. The molecule has 2 heteroatoms. The van der Waals surface area contributed by atoms with Crippen molar-refractivity contribution < 1.29 is 4.79 Å². The fourth-order valence-corrected chi connectivity index (χ4v) is 1.70. The highest BCUT2D eigenvalue weighted by atomic mass is 16.1. The van der Waals surface area contributed by atoms with Crippen molar-refractivity contribution in [3.8, 4) is 0 Å². The van der Waals surface area contributed by atoms with Gasteiger partial charge in [-0.3, -0.25) is 4.79 Å². The average Bonchev–Trinajstić information content (AvgIpc) is 2.55. The molecular formula is C14H13NO. The van der Waals surface area contributed by atoms with Crippen molar-refractivity contribution in [2.24, 2.45) is 0 Å². The summed E-state index contributed by atoms with van der Waals surface area (Å²) in [6.07, 6.45) is 3.56. The summed E-state index contributed by atoms with van der Waals surface area (Å²) in [5.74, 6) is -0.0744. The van der Waals surface area contributed by atoms with Crippen LogP contribution in [0.15, 0.2) is 59.8 Å². The van der Waals surface area contributed by atoms with Crippen LogP contribution < -0.4 is 5.32 Å². The molecule has 0 spiro atoms. The van der Waals surface area contributed by atoms with Crippen molar-refractivity contribution in [3.05, 3.63) is 65.4 Å². The monoisotopic (exact) mass is 211 g/mol. The van der Waals surface area contributed by atoms with E-state index in [2.05, 4.69) is 11.9 Å². The van der Waals surface area contributed by atoms with Crippen LogP contribution in [0.25, 0.3) is 6.08 Å². The van der Waals surface area contributed by atoms with Crippen molar-refractivity contribution in [2.45, 2.75) is 6.92 Å². The molecule has 0 saturated heterocycles. The molecule has 0 atom stereocenters. The number of benzene rings is 1. The van der Waals surface area contributed by atoms with Crippen molar-refractivity contribution in [2.75, 3.05) is 0 Å². The molecule has 1 N–H and O–H groups in total. The lowest BCUT2D eigenvalue weighted by molar-refractivity contribution is -0.115. The SMILES string of the molecule is C=CC1=C(C)C(=Cc2ccccc2)NC1=O. The lowest BCUT2D eigenvalue weighted by Crippen LogP contribution is -2.15. The van der Waals surface area contributed by atoms with Gasteiger partial charge in [0.25, 0.3) is 5.91 Å². The number of carbonyl (C=O) groups is 1. The molecule has 1 aromatic carbocycles. The van der Waals surface area contributed by atoms with Crippen LogP contribution >= 0.6 is 0 Å². The van der Waals surface area contributed by atoms with Gasteiger partial charge in [-0.2, -0.15) is 0 Å². The van der Waals surface area contributed by atoms with Crippen LogP contribution in [0.1, 0.15) is 12.5 Å². The van der Waals surface area contributed by atoms with Gasteiger partial charge in [-0.15, -0.1) is 0 Å². The highest BCUT2D eigenvalue weighted by Crippen LogP contribution is 2.22. The first-order chi connectivity index (χ1) is 7.72. The number of allylic oxidation sites excluding steroid dienone is 1. The van der Waals surface area contributed by atoms with E-state index in [1.165, 1.54) is 0 Å². The predicted octanol–water partition coefficient (Wildman–Crippen LogP) is 2.66. The fraction of sp³-hybridized carbons (Fsp3) is 0.0714. The Morgan fingerprint density at radius 1 is 1.25 bits per heavy atom. The molecule has 2 nitrogen and oxygen atoms in total. The van der Waals surface area contributed by atoms with Crippen LogP contribution in [0.4, 0.5) is 0 Å². The second-order valence-electron chi connectivity index (χ2n) is 3.67. The molecule has 80 valence electrons. The average molecular weight is 211 g/mol. The standard InChI is InChI=1S/C14H13NO/c1-3-12-10(2)13(15-14(12)16)9-11-7-5-4-6-8-11/h3-9H,1H2,2H3,(H,15,16). The van der Waals surface area contributed by atoms with E-state index in [9.17, 15) is 4.79 Å². The van der Waals surface area contributed by atoms with Crippen LogP contribution in [0.5, 0.6) is 0 Å². The minimum Gasteiger partial charge on any atom is -0.322 e. The number of hydrogen-bond donors (Lipinski definition) is 1. The van der Waals surface area contributed by atoms with Gasteiger partial charge in [-0.25, -0.2) is 0 Å². The molecule has 1 amide bonds. The van der Waals surface area contributed by atoms with Gasteiger partial charge in [0.05, 0.1) is 0 Å². The van der Waals surface area contributed by atoms with Crippen LogP contribution in [-0.4, -0.2) is 5.91 Å². The molecule has 1 aromatic rings. The summed E-state index contributed by atoms with van der Waals surface area (Å²) >= 11 is 0. The van der Waals surface area contributed by atoms with E-state index in [1.807, 2.05) is 43.3 Å². The van der Waals surface area contributed by atoms with Crippen molar-refractivity contribution in [3.63, 3.8) is 0 Å². The van der Waals surface area contributed by atoms with E-state index in [-0.39, 0.29) is 5.91 Å². The van der Waals surface area contributed by atoms with Gasteiger partial charge in [0.2, 0.25) is 0 Å². The van der Waals surface area contributed by atoms with Gasteiger partial charge in [0, 0.05) is 11.3 Å². The fourth-order valence-electron chi connectivity index (χ4n) is 1.70. The van der Waals surface area contributed by atoms with E-state index < -0.39 is 0 Å². The summed E-state index contributed by atoms with van der Waals surface area (Å²) < 4.78 is 0. The zero-order valence-electron chi connectivity index (χ0n) is 9.16. The third kappa shape index (κ3) is 1.82. The smallest absolute Gasteiger partial charge is 0.255 e. The lowest BCUT2D eigenvalue weighted by atomic mass is 10.1. The summed E-state index contributed by atoms with van der Waals surface area (Å²) in [4.78, 5) is 11.5. The molecule has 0 aromatic heterocycles. The first-order valence-electron chi connectivity index (χ1n) is 5.14. The summed E-state index contributed by atoms with van der Waals surface area (Å²) in [6, 6.07) is 9.90. The molecule has 16 heavy (non-hydrogen) atoms. The number of nitrogens with one attached hydrogen (secondary N) is 1. The zero-order valence-corrected chi connectivity index (χ0v) is 9.16. The van der Waals surface area contributed by atoms with Crippen molar-refractivity contribution in [1.82, 2.24) is 5.32 Å². The lowest BCUT2D eigenvalue weighted by Gasteiger charge is -2.00. The van der Waals surface area contributed by atoms with Gasteiger partial charge < -0.3 is 5.32 Å². The molecule has 1 aliphatic heterocycles. The van der Waals surface area contributed by atoms with Gasteiger partial charge in [0.1, 0.15) is 0 Å². The number of carbonyl (C=O) groups excluding carboxylic acids is 1. The Bertz CT molecular complexity index is 495. The summed E-state index contributed by atoms with van der Waals surface area (Å²) in [5, 5.41) is 2.83. The molecular weight excluding hydrogens is 198 g/mol. The molecule has 1 aliphatic rings. The van der Waals surface area contributed by atoms with E-state index in [4.69, 9.17) is 0 Å². The quantitative estimate of drug-likeness (QED) is 0.800. The van der Waals surface area contributed by atoms with Crippen LogP contribution in [0, 0.1) is 0 Å². The third-order valence-electron chi connectivity index (χ3n) is 2.62. The van der Waals surface area contributed by atoms with Crippen LogP contribution in [0.2, 0.25) is 0 Å². The number of amides is 1. The second-order valence-corrected chi connectivity index (χ2v) is 3.67. The Morgan fingerprint density at radius 3 is 2.50 bits per heavy atom. The van der Waals surface area contributed by atoms with Crippen LogP contribution in [-0.2, 0) is 4.79 Å². The first kappa shape index (κ1) is 10.4. The Hall–Kier alpha value is -2.09. The molecule has 0 fully saturated rings. The van der Waals surface area contributed by atoms with Gasteiger partial charge in [0.15, 0.2) is 0 Å². The maximum Gasteiger partial charge on any atom is 0.255 e. The minimum atomic E-state index is -0.0744. The first-order valence-corrected chi connectivity index (χ1v) is 5.14. The molecule has 1 heterocycles. The largest absolute Gasteiger partial charge is 0.322 e. The van der Waals surface area contributed by atoms with Crippen molar-refractivity contribution >= 4 is 12.0 Å². The van der Waals surface area contributed by atoms with E-state index >= 15 is 0 Å². The predicted molar refractivity (Wildman–Crippen MR) is 65.5 cm³/mol. The third-order valence-corrected chi connectivity index (χ3v) is 2.62.